The average Bonchev–Trinajstić information content (AvgIpc) is 2.82. The second kappa shape index (κ2) is 6.16. The van der Waals surface area contributed by atoms with Crippen LogP contribution in [0.4, 0.5) is 0 Å². The van der Waals surface area contributed by atoms with Crippen molar-refractivity contribution in [3.8, 4) is 5.69 Å². The Hall–Kier alpha value is -1.13. The number of aromatic nitrogens is 2. The van der Waals surface area contributed by atoms with Gasteiger partial charge in [-0.05, 0) is 42.3 Å². The third kappa shape index (κ3) is 3.43. The smallest absolute Gasteiger partial charge is 0.0691 e. The van der Waals surface area contributed by atoms with Gasteiger partial charge in [0.05, 0.1) is 5.69 Å². The summed E-state index contributed by atoms with van der Waals surface area (Å²) in [6.07, 6.45) is 3.77. The highest BCUT2D eigenvalue weighted by Gasteiger charge is 2.06. The largest absolute Gasteiger partial charge is 0.312 e. The van der Waals surface area contributed by atoms with Gasteiger partial charge in [0.15, 0.2) is 0 Å². The Kier molecular flexibility index (Phi) is 4.55. The zero-order chi connectivity index (χ0) is 13.0. The molecule has 0 unspecified atom stereocenters. The van der Waals surface area contributed by atoms with E-state index in [2.05, 4.69) is 52.3 Å². The number of nitrogens with one attached hydrogen (secondary N) is 1. The normalized spacial score (nSPS) is 11.1. The Bertz CT molecular complexity index is 492. The van der Waals surface area contributed by atoms with Crippen molar-refractivity contribution in [3.63, 3.8) is 0 Å². The van der Waals surface area contributed by atoms with E-state index in [0.717, 1.165) is 23.2 Å². The van der Waals surface area contributed by atoms with Crippen molar-refractivity contribution in [1.82, 2.24) is 15.1 Å². The molecule has 0 aliphatic heterocycles. The molecule has 96 valence electrons. The Morgan fingerprint density at radius 1 is 1.39 bits per heavy atom. The van der Waals surface area contributed by atoms with Crippen LogP contribution in [0.3, 0.4) is 0 Å². The van der Waals surface area contributed by atoms with E-state index < -0.39 is 0 Å². The second-order valence-electron chi connectivity index (χ2n) is 4.75. The lowest BCUT2D eigenvalue weighted by molar-refractivity contribution is 0.551. The molecule has 0 fully saturated rings. The lowest BCUT2D eigenvalue weighted by atomic mass is 10.1. The maximum absolute atomic E-state index is 4.29. The van der Waals surface area contributed by atoms with Crippen molar-refractivity contribution in [1.29, 1.82) is 0 Å². The molecule has 0 aliphatic carbocycles. The molecule has 0 aliphatic rings. The number of rotatable bonds is 5. The topological polar surface area (TPSA) is 29.9 Å². The molecule has 4 heteroatoms. The van der Waals surface area contributed by atoms with Gasteiger partial charge in [-0.2, -0.15) is 5.10 Å². The fraction of sp³-hybridized carbons (Fsp3) is 0.357. The highest BCUT2D eigenvalue weighted by molar-refractivity contribution is 9.10. The van der Waals surface area contributed by atoms with Crippen molar-refractivity contribution in [2.75, 3.05) is 6.54 Å². The van der Waals surface area contributed by atoms with Gasteiger partial charge in [-0.3, -0.25) is 0 Å². The number of benzene rings is 1. The first-order valence-corrected chi connectivity index (χ1v) is 6.95. The van der Waals surface area contributed by atoms with Gasteiger partial charge >= 0.3 is 0 Å². The van der Waals surface area contributed by atoms with Gasteiger partial charge in [0, 0.05) is 23.4 Å². The Morgan fingerprint density at radius 3 is 2.89 bits per heavy atom. The van der Waals surface area contributed by atoms with Crippen LogP contribution in [0.5, 0.6) is 0 Å². The molecule has 0 spiro atoms. The Morgan fingerprint density at radius 2 is 2.22 bits per heavy atom. The van der Waals surface area contributed by atoms with Crippen molar-refractivity contribution < 1.29 is 0 Å². The fourth-order valence-corrected chi connectivity index (χ4v) is 2.23. The van der Waals surface area contributed by atoms with Crippen LogP contribution in [0.15, 0.2) is 41.1 Å². The third-order valence-electron chi connectivity index (χ3n) is 2.66. The van der Waals surface area contributed by atoms with Gasteiger partial charge in [-0.25, -0.2) is 4.68 Å². The lowest BCUT2D eigenvalue weighted by Crippen LogP contribution is -2.20. The highest BCUT2D eigenvalue weighted by atomic mass is 79.9. The molecular formula is C14H18BrN3. The molecule has 1 aromatic heterocycles. The number of halogens is 1. The van der Waals surface area contributed by atoms with Crippen molar-refractivity contribution in [2.24, 2.45) is 5.92 Å². The van der Waals surface area contributed by atoms with Crippen LogP contribution in [0.25, 0.3) is 5.69 Å². The maximum atomic E-state index is 4.29. The van der Waals surface area contributed by atoms with E-state index in [1.807, 2.05) is 23.0 Å². The van der Waals surface area contributed by atoms with Gasteiger partial charge < -0.3 is 5.32 Å². The van der Waals surface area contributed by atoms with Crippen molar-refractivity contribution in [2.45, 2.75) is 20.4 Å². The number of nitrogens with zero attached hydrogens (tertiary/aromatic N) is 2. The van der Waals surface area contributed by atoms with Gasteiger partial charge in [0.1, 0.15) is 0 Å². The summed E-state index contributed by atoms with van der Waals surface area (Å²) in [6, 6.07) is 8.21. The molecule has 1 aromatic carbocycles. The molecule has 0 amide bonds. The SMILES string of the molecule is CC(C)CNCc1cc(Br)ccc1-n1cccn1. The second-order valence-corrected chi connectivity index (χ2v) is 5.66. The molecule has 18 heavy (non-hydrogen) atoms. The van der Waals surface area contributed by atoms with Crippen molar-refractivity contribution >= 4 is 15.9 Å². The third-order valence-corrected chi connectivity index (χ3v) is 3.15. The summed E-state index contributed by atoms with van der Waals surface area (Å²) in [5.41, 5.74) is 2.37. The lowest BCUT2D eigenvalue weighted by Gasteiger charge is -2.12. The van der Waals surface area contributed by atoms with Gasteiger partial charge in [-0.15, -0.1) is 0 Å². The fourth-order valence-electron chi connectivity index (χ4n) is 1.83. The van der Waals surface area contributed by atoms with Gasteiger partial charge in [-0.1, -0.05) is 29.8 Å². The molecule has 3 nitrogen and oxygen atoms in total. The van der Waals surface area contributed by atoms with E-state index in [4.69, 9.17) is 0 Å². The summed E-state index contributed by atoms with van der Waals surface area (Å²) < 4.78 is 3.00. The zero-order valence-electron chi connectivity index (χ0n) is 10.7. The van der Waals surface area contributed by atoms with E-state index in [9.17, 15) is 0 Å². The predicted molar refractivity (Wildman–Crippen MR) is 77.8 cm³/mol. The average molecular weight is 308 g/mol. The number of hydrogen-bond donors (Lipinski definition) is 1. The van der Waals surface area contributed by atoms with Crippen LogP contribution in [0.1, 0.15) is 19.4 Å². The summed E-state index contributed by atoms with van der Waals surface area (Å²) in [7, 11) is 0. The van der Waals surface area contributed by atoms with Crippen LogP contribution in [0, 0.1) is 5.92 Å². The summed E-state index contributed by atoms with van der Waals surface area (Å²) in [5.74, 6) is 0.658. The minimum Gasteiger partial charge on any atom is -0.312 e. The van der Waals surface area contributed by atoms with Gasteiger partial charge in [0.25, 0.3) is 0 Å². The quantitative estimate of drug-likeness (QED) is 0.917. The zero-order valence-corrected chi connectivity index (χ0v) is 12.3. The van der Waals surface area contributed by atoms with Crippen LogP contribution >= 0.6 is 15.9 Å². The summed E-state index contributed by atoms with van der Waals surface area (Å²) in [6.45, 7) is 6.29. The van der Waals surface area contributed by atoms with Gasteiger partial charge in [0.2, 0.25) is 0 Å². The van der Waals surface area contributed by atoms with E-state index in [0.29, 0.717) is 5.92 Å². The molecule has 0 saturated carbocycles. The summed E-state index contributed by atoms with van der Waals surface area (Å²) >= 11 is 3.52. The standard InChI is InChI=1S/C14H18BrN3/c1-11(2)9-16-10-12-8-13(15)4-5-14(12)18-7-3-6-17-18/h3-8,11,16H,9-10H2,1-2H3. The Labute approximate surface area is 116 Å². The van der Waals surface area contributed by atoms with Crippen molar-refractivity contribution in [3.05, 3.63) is 46.7 Å². The molecule has 2 aromatic rings. The maximum Gasteiger partial charge on any atom is 0.0691 e. The molecule has 0 radical (unpaired) electrons. The van der Waals surface area contributed by atoms with Crippen LogP contribution in [-0.4, -0.2) is 16.3 Å². The molecule has 0 atom stereocenters. The summed E-state index contributed by atoms with van der Waals surface area (Å²) in [4.78, 5) is 0. The number of hydrogen-bond acceptors (Lipinski definition) is 2. The van der Waals surface area contributed by atoms with E-state index in [-0.39, 0.29) is 0 Å². The van der Waals surface area contributed by atoms with E-state index >= 15 is 0 Å². The monoisotopic (exact) mass is 307 g/mol. The first-order valence-electron chi connectivity index (χ1n) is 6.16. The molecular weight excluding hydrogens is 290 g/mol. The van der Waals surface area contributed by atoms with Crippen LogP contribution < -0.4 is 5.32 Å². The molecule has 1 N–H and O–H groups in total. The Balaban J connectivity index is 2.19. The molecule has 0 saturated heterocycles. The minimum absolute atomic E-state index is 0.658. The van der Waals surface area contributed by atoms with Crippen LogP contribution in [-0.2, 0) is 6.54 Å². The predicted octanol–water partition coefficient (Wildman–Crippen LogP) is 3.38. The molecule has 1 heterocycles. The minimum atomic E-state index is 0.658. The summed E-state index contributed by atoms with van der Waals surface area (Å²) in [5, 5.41) is 7.76. The first-order chi connectivity index (χ1) is 8.66. The van der Waals surface area contributed by atoms with E-state index in [1.165, 1.54) is 5.56 Å². The van der Waals surface area contributed by atoms with E-state index in [1.54, 1.807) is 6.20 Å². The van der Waals surface area contributed by atoms with Crippen LogP contribution in [0.2, 0.25) is 0 Å². The first kappa shape index (κ1) is 13.3. The highest BCUT2D eigenvalue weighted by Crippen LogP contribution is 2.19. The molecule has 0 bridgehead atoms. The molecule has 2 rings (SSSR count).